The Labute approximate surface area is 199 Å². The quantitative estimate of drug-likeness (QED) is 0.401. The van der Waals surface area contributed by atoms with Crippen molar-refractivity contribution in [2.75, 3.05) is 11.9 Å². The maximum Gasteiger partial charge on any atom is 0.227 e. The Morgan fingerprint density at radius 1 is 1.15 bits per heavy atom. The number of nitrogens with zero attached hydrogens (tertiary/aromatic N) is 3. The van der Waals surface area contributed by atoms with Gasteiger partial charge in [0.1, 0.15) is 11.8 Å². The van der Waals surface area contributed by atoms with Gasteiger partial charge in [0.15, 0.2) is 5.78 Å². The molecule has 0 bridgehead atoms. The van der Waals surface area contributed by atoms with E-state index in [1.807, 2.05) is 54.1 Å². The van der Waals surface area contributed by atoms with Crippen molar-refractivity contribution in [1.82, 2.24) is 14.8 Å². The third-order valence-corrected chi connectivity index (χ3v) is 6.49. The van der Waals surface area contributed by atoms with Crippen LogP contribution in [0.5, 0.6) is 5.75 Å². The lowest BCUT2D eigenvalue weighted by Gasteiger charge is -2.28. The van der Waals surface area contributed by atoms with E-state index in [0.29, 0.717) is 29.2 Å². The zero-order valence-electron chi connectivity index (χ0n) is 19.5. The Morgan fingerprint density at radius 2 is 1.88 bits per heavy atom. The van der Waals surface area contributed by atoms with Crippen LogP contribution in [0.3, 0.4) is 0 Å². The summed E-state index contributed by atoms with van der Waals surface area (Å²) in [7, 11) is 0. The predicted octanol–water partition coefficient (Wildman–Crippen LogP) is 5.87. The van der Waals surface area contributed by atoms with Crippen LogP contribution in [0.4, 0.5) is 5.95 Å². The summed E-state index contributed by atoms with van der Waals surface area (Å²) < 4.78 is 7.70. The number of carbonyl (C=O) groups is 1. The van der Waals surface area contributed by atoms with Gasteiger partial charge in [-0.3, -0.25) is 4.79 Å². The average Bonchev–Trinajstić information content (AvgIpc) is 3.20. The minimum Gasteiger partial charge on any atom is -0.494 e. The summed E-state index contributed by atoms with van der Waals surface area (Å²) in [5, 5.41) is 8.72. The number of hydrogen-bond acceptors (Lipinski definition) is 6. The van der Waals surface area contributed by atoms with Gasteiger partial charge < -0.3 is 10.1 Å². The number of fused-ring (bicyclic) bond motifs is 1. The van der Waals surface area contributed by atoms with Crippen LogP contribution >= 0.6 is 11.8 Å². The van der Waals surface area contributed by atoms with E-state index in [1.54, 1.807) is 18.7 Å². The zero-order valence-corrected chi connectivity index (χ0v) is 20.4. The minimum absolute atomic E-state index is 0.0156. The second-order valence-corrected chi connectivity index (χ2v) is 9.60. The lowest BCUT2D eigenvalue weighted by atomic mass is 9.93. The first-order valence-corrected chi connectivity index (χ1v) is 12.3. The summed E-state index contributed by atoms with van der Waals surface area (Å²) in [5.74, 6) is 2.88. The summed E-state index contributed by atoms with van der Waals surface area (Å²) in [4.78, 5) is 17.3. The number of nitrogens with one attached hydrogen (secondary N) is 1. The van der Waals surface area contributed by atoms with E-state index in [-0.39, 0.29) is 11.8 Å². The highest BCUT2D eigenvalue weighted by Crippen LogP contribution is 2.37. The van der Waals surface area contributed by atoms with Crippen LogP contribution in [-0.2, 0) is 10.5 Å². The van der Waals surface area contributed by atoms with Crippen LogP contribution in [0.2, 0.25) is 0 Å². The molecule has 0 saturated heterocycles. The Balaban J connectivity index is 1.59. The second kappa shape index (κ2) is 10.3. The zero-order chi connectivity index (χ0) is 23.4. The largest absolute Gasteiger partial charge is 0.494 e. The maximum atomic E-state index is 12.6. The fourth-order valence-electron chi connectivity index (χ4n) is 3.84. The van der Waals surface area contributed by atoms with Crippen LogP contribution in [0.25, 0.3) is 0 Å². The molecule has 2 aromatic carbocycles. The van der Waals surface area contributed by atoms with Crippen molar-refractivity contribution in [2.24, 2.45) is 5.92 Å². The molecule has 0 fully saturated rings. The molecule has 0 spiro atoms. The fourth-order valence-corrected chi connectivity index (χ4v) is 4.62. The molecule has 1 atom stereocenters. The number of aromatic nitrogens is 3. The van der Waals surface area contributed by atoms with Gasteiger partial charge in [-0.05, 0) is 49.4 Å². The molecule has 1 unspecified atom stereocenters. The Hall–Kier alpha value is -3.06. The Bertz CT molecular complexity index is 1140. The molecule has 172 valence electrons. The van der Waals surface area contributed by atoms with Crippen molar-refractivity contribution >= 4 is 23.5 Å². The van der Waals surface area contributed by atoms with Crippen LogP contribution in [0.15, 0.2) is 71.0 Å². The van der Waals surface area contributed by atoms with Crippen molar-refractivity contribution in [3.8, 4) is 5.75 Å². The van der Waals surface area contributed by atoms with Gasteiger partial charge in [0.25, 0.3) is 0 Å². The van der Waals surface area contributed by atoms with Crippen LogP contribution < -0.4 is 10.1 Å². The van der Waals surface area contributed by atoms with Crippen molar-refractivity contribution in [2.45, 2.75) is 51.1 Å². The third kappa shape index (κ3) is 5.47. The molecule has 0 radical (unpaired) electrons. The first-order valence-electron chi connectivity index (χ1n) is 11.3. The highest BCUT2D eigenvalue weighted by Gasteiger charge is 2.32. The van der Waals surface area contributed by atoms with E-state index in [1.165, 1.54) is 5.56 Å². The van der Waals surface area contributed by atoms with Gasteiger partial charge in [0.2, 0.25) is 11.1 Å². The van der Waals surface area contributed by atoms with Gasteiger partial charge in [-0.2, -0.15) is 4.98 Å². The van der Waals surface area contributed by atoms with Crippen LogP contribution in [-0.4, -0.2) is 27.2 Å². The number of benzene rings is 2. The van der Waals surface area contributed by atoms with Gasteiger partial charge in [-0.1, -0.05) is 68.1 Å². The number of ether oxygens (including phenoxy) is 1. The highest BCUT2D eigenvalue weighted by atomic mass is 32.2. The van der Waals surface area contributed by atoms with Gasteiger partial charge in [-0.25, -0.2) is 4.68 Å². The van der Waals surface area contributed by atoms with E-state index in [2.05, 4.69) is 31.3 Å². The minimum atomic E-state index is -0.331. The highest BCUT2D eigenvalue weighted by molar-refractivity contribution is 7.98. The molecule has 33 heavy (non-hydrogen) atoms. The summed E-state index contributed by atoms with van der Waals surface area (Å²) in [6.45, 7) is 8.58. The normalized spacial score (nSPS) is 15.4. The second-order valence-electron chi connectivity index (χ2n) is 8.66. The lowest BCUT2D eigenvalue weighted by Crippen LogP contribution is -2.27. The third-order valence-electron chi connectivity index (χ3n) is 5.58. The number of ketones is 1. The van der Waals surface area contributed by atoms with Crippen molar-refractivity contribution < 1.29 is 9.53 Å². The van der Waals surface area contributed by atoms with Crippen molar-refractivity contribution in [1.29, 1.82) is 0 Å². The molecule has 0 amide bonds. The molecule has 6 nitrogen and oxygen atoms in total. The molecule has 2 heterocycles. The summed E-state index contributed by atoms with van der Waals surface area (Å²) >= 11 is 1.58. The number of Topliss-reactive ketones (excluding diaryl/α,β-unsaturated/α-hetero) is 1. The van der Waals surface area contributed by atoms with E-state index < -0.39 is 0 Å². The Morgan fingerprint density at radius 3 is 2.55 bits per heavy atom. The fraction of sp³-hybridized carbons (Fsp3) is 0.346. The number of thioether (sulfide) groups is 1. The first kappa shape index (κ1) is 23.1. The van der Waals surface area contributed by atoms with E-state index in [0.717, 1.165) is 29.2 Å². The van der Waals surface area contributed by atoms with E-state index >= 15 is 0 Å². The summed E-state index contributed by atoms with van der Waals surface area (Å²) in [6, 6.07) is 17.9. The molecule has 1 aliphatic rings. The van der Waals surface area contributed by atoms with Gasteiger partial charge in [-0.15, -0.1) is 5.10 Å². The molecule has 1 N–H and O–H groups in total. The van der Waals surface area contributed by atoms with Crippen LogP contribution in [0, 0.1) is 5.92 Å². The topological polar surface area (TPSA) is 69.0 Å². The molecule has 1 aliphatic heterocycles. The first-order chi connectivity index (χ1) is 15.9. The number of hydrogen-bond donors (Lipinski definition) is 1. The van der Waals surface area contributed by atoms with Gasteiger partial charge >= 0.3 is 0 Å². The monoisotopic (exact) mass is 462 g/mol. The van der Waals surface area contributed by atoms with E-state index in [9.17, 15) is 4.79 Å². The molecular weight excluding hydrogens is 432 g/mol. The molecule has 7 heteroatoms. The molecule has 0 saturated carbocycles. The van der Waals surface area contributed by atoms with E-state index in [4.69, 9.17) is 14.8 Å². The number of anilines is 1. The Kier molecular flexibility index (Phi) is 7.18. The predicted molar refractivity (Wildman–Crippen MR) is 133 cm³/mol. The average molecular weight is 463 g/mol. The molecule has 3 aromatic rings. The van der Waals surface area contributed by atoms with Gasteiger partial charge in [0.05, 0.1) is 6.61 Å². The number of rotatable bonds is 9. The maximum absolute atomic E-state index is 12.6. The molecule has 1 aromatic heterocycles. The standard InChI is InChI=1S/C26H30N4O2S/c1-17(2)14-15-32-22-12-10-21(11-13-22)24-23(19(4)31)18(3)27-25-28-26(29-30(24)25)33-16-20-8-6-5-7-9-20/h5-13,17,24H,14-16H2,1-4H3,(H,27,28,29). The van der Waals surface area contributed by atoms with Gasteiger partial charge in [0, 0.05) is 17.0 Å². The number of allylic oxidation sites excluding steroid dienone is 2. The lowest BCUT2D eigenvalue weighted by molar-refractivity contribution is -0.114. The summed E-state index contributed by atoms with van der Waals surface area (Å²) in [5.41, 5.74) is 3.69. The van der Waals surface area contributed by atoms with Crippen LogP contribution in [0.1, 0.15) is 51.3 Å². The SMILES string of the molecule is CC(=O)C1=C(C)Nc2nc(SCc3ccccc3)nn2C1c1ccc(OCCC(C)C)cc1. The smallest absolute Gasteiger partial charge is 0.227 e. The van der Waals surface area contributed by atoms with Crippen molar-refractivity contribution in [3.05, 3.63) is 77.0 Å². The number of carbonyl (C=O) groups excluding carboxylic acids is 1. The molecule has 4 rings (SSSR count). The molecule has 0 aliphatic carbocycles. The molecular formula is C26H30N4O2S. The summed E-state index contributed by atoms with van der Waals surface area (Å²) in [6.07, 6.45) is 1.01. The van der Waals surface area contributed by atoms with Crippen molar-refractivity contribution in [3.63, 3.8) is 0 Å².